The van der Waals surface area contributed by atoms with Gasteiger partial charge in [0.15, 0.2) is 6.61 Å². The Labute approximate surface area is 160 Å². The summed E-state index contributed by atoms with van der Waals surface area (Å²) in [6.45, 7) is 2.15. The van der Waals surface area contributed by atoms with Crippen molar-refractivity contribution in [1.82, 2.24) is 10.2 Å². The van der Waals surface area contributed by atoms with Crippen LogP contribution < -0.4 is 15.4 Å². The second-order valence-electron chi connectivity index (χ2n) is 6.06. The monoisotopic (exact) mass is 397 g/mol. The van der Waals surface area contributed by atoms with E-state index in [-0.39, 0.29) is 0 Å². The van der Waals surface area contributed by atoms with Crippen molar-refractivity contribution in [2.75, 3.05) is 25.6 Å². The lowest BCUT2D eigenvalue weighted by molar-refractivity contribution is -0.150. The van der Waals surface area contributed by atoms with E-state index in [1.807, 2.05) is 0 Å². The Morgan fingerprint density at radius 1 is 1.33 bits per heavy atom. The maximum absolute atomic E-state index is 12.2. The van der Waals surface area contributed by atoms with E-state index in [0.29, 0.717) is 22.9 Å². The minimum absolute atomic E-state index is 0.318. The number of carbonyl (C=O) groups is 4. The first-order chi connectivity index (χ1) is 12.7. The lowest BCUT2D eigenvalue weighted by Crippen LogP contribution is -2.43. The highest BCUT2D eigenvalue weighted by molar-refractivity contribution is 6.31. The van der Waals surface area contributed by atoms with Gasteiger partial charge in [-0.2, -0.15) is 0 Å². The third kappa shape index (κ3) is 4.68. The molecule has 0 spiro atoms. The Morgan fingerprint density at radius 3 is 2.63 bits per heavy atom. The van der Waals surface area contributed by atoms with Crippen molar-refractivity contribution in [1.29, 1.82) is 0 Å². The zero-order chi connectivity index (χ0) is 20.2. The minimum atomic E-state index is -1.04. The summed E-state index contributed by atoms with van der Waals surface area (Å²) in [5.74, 6) is -1.64. The first-order valence-electron chi connectivity index (χ1n) is 8.13. The molecule has 2 N–H and O–H groups in total. The molecule has 4 amide bonds. The number of amides is 4. The first kappa shape index (κ1) is 20.5. The van der Waals surface area contributed by atoms with Crippen LogP contribution in [-0.2, 0) is 19.1 Å². The van der Waals surface area contributed by atoms with Crippen LogP contribution in [0.2, 0.25) is 5.02 Å². The van der Waals surface area contributed by atoms with Crippen molar-refractivity contribution >= 4 is 41.1 Å². The van der Waals surface area contributed by atoms with Crippen LogP contribution in [-0.4, -0.2) is 54.5 Å². The number of rotatable bonds is 7. The lowest BCUT2D eigenvalue weighted by Gasteiger charge is -2.18. The molecule has 1 aliphatic rings. The number of methoxy groups -OCH3 is 1. The molecule has 0 bridgehead atoms. The Hall–Kier alpha value is -2.81. The normalized spacial score (nSPS) is 18.9. The molecule has 1 aromatic rings. The van der Waals surface area contributed by atoms with E-state index in [4.69, 9.17) is 21.1 Å². The van der Waals surface area contributed by atoms with Gasteiger partial charge in [0.05, 0.1) is 12.8 Å². The van der Waals surface area contributed by atoms with Gasteiger partial charge < -0.3 is 20.1 Å². The zero-order valence-corrected chi connectivity index (χ0v) is 15.9. The molecule has 1 fully saturated rings. The van der Waals surface area contributed by atoms with Gasteiger partial charge in [-0.1, -0.05) is 18.5 Å². The summed E-state index contributed by atoms with van der Waals surface area (Å²) in [6.07, 6.45) is 0.382. The summed E-state index contributed by atoms with van der Waals surface area (Å²) in [7, 11) is 1.43. The molecular weight excluding hydrogens is 378 g/mol. The quantitative estimate of drug-likeness (QED) is 0.533. The van der Waals surface area contributed by atoms with E-state index in [1.165, 1.54) is 13.2 Å². The molecule has 1 atom stereocenters. The molecule has 0 saturated carbocycles. The third-order valence-corrected chi connectivity index (χ3v) is 4.37. The number of nitrogens with zero attached hydrogens (tertiary/aromatic N) is 1. The number of nitrogens with one attached hydrogen (secondary N) is 2. The molecule has 0 unspecified atom stereocenters. The largest absolute Gasteiger partial charge is 0.495 e. The van der Waals surface area contributed by atoms with E-state index in [1.54, 1.807) is 26.0 Å². The van der Waals surface area contributed by atoms with E-state index in [9.17, 15) is 19.2 Å². The number of benzene rings is 1. The summed E-state index contributed by atoms with van der Waals surface area (Å²) in [5.41, 5.74) is -0.725. The molecule has 10 heteroatoms. The summed E-state index contributed by atoms with van der Waals surface area (Å²) in [6, 6.07) is 3.98. The van der Waals surface area contributed by atoms with Gasteiger partial charge in [0.2, 0.25) is 0 Å². The van der Waals surface area contributed by atoms with Crippen LogP contribution in [0.5, 0.6) is 5.75 Å². The average Bonchev–Trinajstić information content (AvgIpc) is 2.84. The van der Waals surface area contributed by atoms with Crippen LogP contribution in [0.1, 0.15) is 20.3 Å². The van der Waals surface area contributed by atoms with Crippen LogP contribution >= 0.6 is 11.6 Å². The van der Waals surface area contributed by atoms with E-state index in [0.717, 1.165) is 4.90 Å². The predicted octanol–water partition coefficient (Wildman–Crippen LogP) is 1.55. The van der Waals surface area contributed by atoms with E-state index >= 15 is 0 Å². The van der Waals surface area contributed by atoms with Crippen LogP contribution in [0.15, 0.2) is 18.2 Å². The Balaban J connectivity index is 1.89. The minimum Gasteiger partial charge on any atom is -0.495 e. The van der Waals surface area contributed by atoms with Crippen LogP contribution in [0.4, 0.5) is 10.5 Å². The molecule has 146 valence electrons. The number of carbonyl (C=O) groups excluding carboxylic acids is 4. The van der Waals surface area contributed by atoms with Gasteiger partial charge in [-0.25, -0.2) is 4.79 Å². The Kier molecular flexibility index (Phi) is 6.27. The number of halogens is 1. The number of urea groups is 1. The van der Waals surface area contributed by atoms with Gasteiger partial charge in [-0.15, -0.1) is 0 Å². The summed E-state index contributed by atoms with van der Waals surface area (Å²) < 4.78 is 9.94. The SMILES string of the molecule is CC[C@@]1(C)NC(=O)N(CC(=O)OCC(=O)Nc2cc(Cl)ccc2OC)C1=O. The van der Waals surface area contributed by atoms with Crippen molar-refractivity contribution in [3.8, 4) is 5.75 Å². The van der Waals surface area contributed by atoms with E-state index < -0.39 is 42.5 Å². The molecule has 0 aliphatic carbocycles. The van der Waals surface area contributed by atoms with Gasteiger partial charge >= 0.3 is 12.0 Å². The fraction of sp³-hybridized carbons (Fsp3) is 0.412. The fourth-order valence-corrected chi connectivity index (χ4v) is 2.59. The number of hydrogen-bond donors (Lipinski definition) is 2. The number of esters is 1. The molecule has 27 heavy (non-hydrogen) atoms. The van der Waals surface area contributed by atoms with E-state index in [2.05, 4.69) is 10.6 Å². The fourth-order valence-electron chi connectivity index (χ4n) is 2.42. The number of hydrogen-bond acceptors (Lipinski definition) is 6. The zero-order valence-electron chi connectivity index (χ0n) is 15.1. The van der Waals surface area contributed by atoms with Crippen LogP contribution in [0.25, 0.3) is 0 Å². The number of anilines is 1. The highest BCUT2D eigenvalue weighted by Crippen LogP contribution is 2.27. The van der Waals surface area contributed by atoms with Crippen molar-refractivity contribution < 1.29 is 28.7 Å². The molecule has 2 rings (SSSR count). The maximum Gasteiger partial charge on any atom is 0.326 e. The number of ether oxygens (including phenoxy) is 2. The molecule has 1 heterocycles. The molecule has 0 radical (unpaired) electrons. The molecule has 9 nitrogen and oxygen atoms in total. The highest BCUT2D eigenvalue weighted by atomic mass is 35.5. The lowest BCUT2D eigenvalue weighted by atomic mass is 9.99. The molecule has 1 aliphatic heterocycles. The van der Waals surface area contributed by atoms with Gasteiger partial charge in [-0.05, 0) is 31.5 Å². The second kappa shape index (κ2) is 8.26. The topological polar surface area (TPSA) is 114 Å². The third-order valence-electron chi connectivity index (χ3n) is 4.14. The summed E-state index contributed by atoms with van der Waals surface area (Å²) in [5, 5.41) is 5.42. The van der Waals surface area contributed by atoms with Crippen molar-refractivity contribution in [3.63, 3.8) is 0 Å². The summed E-state index contributed by atoms with van der Waals surface area (Å²) >= 11 is 5.87. The average molecular weight is 398 g/mol. The van der Waals surface area contributed by atoms with Crippen molar-refractivity contribution in [2.45, 2.75) is 25.8 Å². The smallest absolute Gasteiger partial charge is 0.326 e. The first-order valence-corrected chi connectivity index (χ1v) is 8.51. The van der Waals surface area contributed by atoms with Crippen molar-refractivity contribution in [2.24, 2.45) is 0 Å². The second-order valence-corrected chi connectivity index (χ2v) is 6.50. The van der Waals surface area contributed by atoms with Crippen molar-refractivity contribution in [3.05, 3.63) is 23.2 Å². The van der Waals surface area contributed by atoms with Gasteiger partial charge in [-0.3, -0.25) is 19.3 Å². The molecule has 1 saturated heterocycles. The predicted molar refractivity (Wildman–Crippen MR) is 96.5 cm³/mol. The van der Waals surface area contributed by atoms with Gasteiger partial charge in [0.1, 0.15) is 17.8 Å². The maximum atomic E-state index is 12.2. The summed E-state index contributed by atoms with van der Waals surface area (Å²) in [4.78, 5) is 48.7. The Bertz CT molecular complexity index is 784. The van der Waals surface area contributed by atoms with Gasteiger partial charge in [0.25, 0.3) is 11.8 Å². The number of imide groups is 1. The highest BCUT2D eigenvalue weighted by Gasteiger charge is 2.47. The molecule has 1 aromatic carbocycles. The van der Waals surface area contributed by atoms with Gasteiger partial charge in [0, 0.05) is 5.02 Å². The molecular formula is C17H20ClN3O6. The Morgan fingerprint density at radius 2 is 2.04 bits per heavy atom. The molecule has 0 aromatic heterocycles. The van der Waals surface area contributed by atoms with Crippen LogP contribution in [0, 0.1) is 0 Å². The standard InChI is InChI=1S/C17H20ClN3O6/c1-4-17(2)15(24)21(16(25)20-17)8-14(23)27-9-13(22)19-11-7-10(18)5-6-12(11)26-3/h5-7H,4,8-9H2,1-3H3,(H,19,22)(H,20,25)/t17-/m1/s1. The van der Waals surface area contributed by atoms with Crippen LogP contribution in [0.3, 0.4) is 0 Å².